The molecule has 1 aromatic heterocycles. The van der Waals surface area contributed by atoms with Gasteiger partial charge in [-0.15, -0.1) is 5.10 Å². The van der Waals surface area contributed by atoms with Crippen molar-refractivity contribution in [3.8, 4) is 0 Å². The van der Waals surface area contributed by atoms with E-state index in [0.29, 0.717) is 6.04 Å². The molecule has 1 unspecified atom stereocenters. The lowest BCUT2D eigenvalue weighted by Crippen LogP contribution is -2.45. The van der Waals surface area contributed by atoms with Crippen molar-refractivity contribution >= 4 is 5.91 Å². The summed E-state index contributed by atoms with van der Waals surface area (Å²) in [5.41, 5.74) is -0.138. The molecule has 1 aromatic rings. The molecule has 0 spiro atoms. The fourth-order valence-corrected chi connectivity index (χ4v) is 2.50. The molecule has 2 rings (SSSR count). The summed E-state index contributed by atoms with van der Waals surface area (Å²) in [6.45, 7) is 12.0. The van der Waals surface area contributed by atoms with Gasteiger partial charge in [-0.3, -0.25) is 9.89 Å². The number of carbonyl (C=O) groups is 1. The number of aromatic amines is 1. The first-order valence-electron chi connectivity index (χ1n) is 7.76. The Morgan fingerprint density at radius 1 is 1.43 bits per heavy atom. The van der Waals surface area contributed by atoms with Gasteiger partial charge in [0, 0.05) is 24.0 Å². The quantitative estimate of drug-likeness (QED) is 0.886. The maximum atomic E-state index is 12.7. The standard InChI is InChI=1S/C15H27N5O/c1-10(2)20(9-11-7-6-8-16-11)13(21)12-17-14(19-18-12)15(3,4)5/h10-11,16H,6-9H2,1-5H3,(H,17,18,19). The van der Waals surface area contributed by atoms with Gasteiger partial charge in [0.15, 0.2) is 0 Å². The van der Waals surface area contributed by atoms with Crippen LogP contribution in [0.15, 0.2) is 0 Å². The van der Waals surface area contributed by atoms with Crippen LogP contribution in [0.1, 0.15) is 63.9 Å². The zero-order valence-electron chi connectivity index (χ0n) is 13.7. The van der Waals surface area contributed by atoms with Crippen molar-refractivity contribution in [3.63, 3.8) is 0 Å². The number of nitrogens with one attached hydrogen (secondary N) is 2. The van der Waals surface area contributed by atoms with Crippen LogP contribution >= 0.6 is 0 Å². The van der Waals surface area contributed by atoms with Crippen molar-refractivity contribution in [1.29, 1.82) is 0 Å². The summed E-state index contributed by atoms with van der Waals surface area (Å²) in [4.78, 5) is 18.9. The fraction of sp³-hybridized carbons (Fsp3) is 0.800. The van der Waals surface area contributed by atoms with Gasteiger partial charge in [-0.2, -0.15) is 0 Å². The molecular weight excluding hydrogens is 266 g/mol. The summed E-state index contributed by atoms with van der Waals surface area (Å²) >= 11 is 0. The molecule has 2 heterocycles. The molecule has 1 aliphatic heterocycles. The first-order chi connectivity index (χ1) is 9.79. The molecule has 1 aliphatic rings. The smallest absolute Gasteiger partial charge is 0.293 e. The van der Waals surface area contributed by atoms with E-state index < -0.39 is 0 Å². The Morgan fingerprint density at radius 2 is 2.14 bits per heavy atom. The lowest BCUT2D eigenvalue weighted by atomic mass is 9.96. The van der Waals surface area contributed by atoms with Crippen LogP contribution < -0.4 is 5.32 Å². The predicted molar refractivity (Wildman–Crippen MR) is 82.3 cm³/mol. The second-order valence-electron chi connectivity index (χ2n) is 7.10. The summed E-state index contributed by atoms with van der Waals surface area (Å²) in [6.07, 6.45) is 2.30. The first kappa shape index (κ1) is 15.9. The lowest BCUT2D eigenvalue weighted by molar-refractivity contribution is 0.0677. The number of carbonyl (C=O) groups excluding carboxylic acids is 1. The summed E-state index contributed by atoms with van der Waals surface area (Å²) < 4.78 is 0. The Labute approximate surface area is 126 Å². The number of hydrogen-bond acceptors (Lipinski definition) is 4. The average Bonchev–Trinajstić information content (AvgIpc) is 3.05. The summed E-state index contributed by atoms with van der Waals surface area (Å²) in [6, 6.07) is 0.522. The fourth-order valence-electron chi connectivity index (χ4n) is 2.50. The van der Waals surface area contributed by atoms with E-state index in [4.69, 9.17) is 0 Å². The zero-order chi connectivity index (χ0) is 15.6. The SMILES string of the molecule is CC(C)N(CC1CCCN1)C(=O)c1n[nH]c(C(C)(C)C)n1. The predicted octanol–water partition coefficient (Wildman–Crippen LogP) is 1.70. The van der Waals surface area contributed by atoms with Gasteiger partial charge in [0.05, 0.1) is 0 Å². The molecule has 0 saturated carbocycles. The molecule has 1 fully saturated rings. The van der Waals surface area contributed by atoms with Gasteiger partial charge in [0.2, 0.25) is 5.82 Å². The van der Waals surface area contributed by atoms with Crippen LogP contribution in [-0.4, -0.2) is 51.2 Å². The van der Waals surface area contributed by atoms with E-state index in [-0.39, 0.29) is 23.2 Å². The molecule has 0 aliphatic carbocycles. The summed E-state index contributed by atoms with van der Waals surface area (Å²) in [5.74, 6) is 0.922. The van der Waals surface area contributed by atoms with Gasteiger partial charge < -0.3 is 10.2 Å². The Balaban J connectivity index is 2.12. The van der Waals surface area contributed by atoms with Gasteiger partial charge in [-0.1, -0.05) is 20.8 Å². The van der Waals surface area contributed by atoms with Gasteiger partial charge in [-0.25, -0.2) is 4.98 Å². The van der Waals surface area contributed by atoms with Crippen molar-refractivity contribution in [2.75, 3.05) is 13.1 Å². The van der Waals surface area contributed by atoms with Crippen LogP contribution in [0.4, 0.5) is 0 Å². The van der Waals surface area contributed by atoms with Crippen LogP contribution in [0.25, 0.3) is 0 Å². The zero-order valence-corrected chi connectivity index (χ0v) is 13.7. The second kappa shape index (κ2) is 6.13. The van der Waals surface area contributed by atoms with E-state index in [2.05, 4.69) is 20.5 Å². The van der Waals surface area contributed by atoms with Crippen LogP contribution in [0.3, 0.4) is 0 Å². The topological polar surface area (TPSA) is 73.9 Å². The van der Waals surface area contributed by atoms with Crippen LogP contribution in [0.5, 0.6) is 0 Å². The Morgan fingerprint density at radius 3 is 2.62 bits per heavy atom. The number of aromatic nitrogens is 3. The van der Waals surface area contributed by atoms with Gasteiger partial charge >= 0.3 is 0 Å². The van der Waals surface area contributed by atoms with Crippen molar-refractivity contribution in [3.05, 3.63) is 11.6 Å². The van der Waals surface area contributed by atoms with Gasteiger partial charge in [0.25, 0.3) is 5.91 Å². The summed E-state index contributed by atoms with van der Waals surface area (Å²) in [5, 5.41) is 10.4. The molecule has 0 bridgehead atoms. The van der Waals surface area contributed by atoms with E-state index in [1.165, 1.54) is 6.42 Å². The average molecular weight is 293 g/mol. The van der Waals surface area contributed by atoms with Crippen molar-refractivity contribution in [2.45, 2.75) is 65.0 Å². The highest BCUT2D eigenvalue weighted by Crippen LogP contribution is 2.18. The highest BCUT2D eigenvalue weighted by Gasteiger charge is 2.28. The molecule has 6 heteroatoms. The first-order valence-corrected chi connectivity index (χ1v) is 7.76. The van der Waals surface area contributed by atoms with Crippen LogP contribution in [0, 0.1) is 0 Å². The normalized spacial score (nSPS) is 19.2. The molecule has 6 nitrogen and oxygen atoms in total. The Kier molecular flexibility index (Phi) is 4.66. The third kappa shape index (κ3) is 3.81. The molecular formula is C15H27N5O. The van der Waals surface area contributed by atoms with Crippen molar-refractivity contribution < 1.29 is 4.79 Å². The molecule has 118 valence electrons. The minimum absolute atomic E-state index is 0.0922. The van der Waals surface area contributed by atoms with Crippen LogP contribution in [0.2, 0.25) is 0 Å². The number of H-pyrrole nitrogens is 1. The maximum Gasteiger partial charge on any atom is 0.293 e. The number of rotatable bonds is 4. The van der Waals surface area contributed by atoms with E-state index in [1.807, 2.05) is 39.5 Å². The number of hydrogen-bond donors (Lipinski definition) is 2. The Hall–Kier alpha value is -1.43. The highest BCUT2D eigenvalue weighted by molar-refractivity contribution is 5.90. The van der Waals surface area contributed by atoms with Crippen molar-refractivity contribution in [2.24, 2.45) is 0 Å². The molecule has 0 radical (unpaired) electrons. The molecule has 1 saturated heterocycles. The van der Waals surface area contributed by atoms with Gasteiger partial charge in [0.1, 0.15) is 5.82 Å². The third-order valence-electron chi connectivity index (χ3n) is 3.85. The molecule has 21 heavy (non-hydrogen) atoms. The summed E-state index contributed by atoms with van der Waals surface area (Å²) in [7, 11) is 0. The molecule has 2 N–H and O–H groups in total. The lowest BCUT2D eigenvalue weighted by Gasteiger charge is -2.28. The highest BCUT2D eigenvalue weighted by atomic mass is 16.2. The van der Waals surface area contributed by atoms with Crippen LogP contribution in [-0.2, 0) is 5.41 Å². The van der Waals surface area contributed by atoms with E-state index in [0.717, 1.165) is 25.3 Å². The monoisotopic (exact) mass is 293 g/mol. The molecule has 1 amide bonds. The molecule has 0 aromatic carbocycles. The van der Waals surface area contributed by atoms with Gasteiger partial charge in [-0.05, 0) is 33.2 Å². The minimum Gasteiger partial charge on any atom is -0.332 e. The third-order valence-corrected chi connectivity index (χ3v) is 3.85. The number of amides is 1. The van der Waals surface area contributed by atoms with E-state index >= 15 is 0 Å². The Bertz CT molecular complexity index is 482. The largest absolute Gasteiger partial charge is 0.332 e. The maximum absolute atomic E-state index is 12.7. The minimum atomic E-state index is -0.138. The molecule has 1 atom stereocenters. The second-order valence-corrected chi connectivity index (χ2v) is 7.10. The number of nitrogens with zero attached hydrogens (tertiary/aromatic N) is 3. The van der Waals surface area contributed by atoms with E-state index in [9.17, 15) is 4.79 Å². The van der Waals surface area contributed by atoms with E-state index in [1.54, 1.807) is 0 Å². The van der Waals surface area contributed by atoms with Crippen molar-refractivity contribution in [1.82, 2.24) is 25.4 Å².